The molecule has 218 valence electrons. The Hall–Kier alpha value is -4.31. The van der Waals surface area contributed by atoms with Crippen LogP contribution in [0, 0.1) is 5.92 Å². The Kier molecular flexibility index (Phi) is 9.34. The second-order valence-corrected chi connectivity index (χ2v) is 10.9. The normalized spacial score (nSPS) is 17.6. The van der Waals surface area contributed by atoms with Crippen LogP contribution >= 0.6 is 0 Å². The van der Waals surface area contributed by atoms with Gasteiger partial charge in [0, 0.05) is 36.6 Å². The van der Waals surface area contributed by atoms with Gasteiger partial charge in [-0.3, -0.25) is 4.79 Å². The van der Waals surface area contributed by atoms with Crippen LogP contribution in [0.15, 0.2) is 60.7 Å². The maximum atomic E-state index is 13.6. The molecule has 0 saturated heterocycles. The Bertz CT molecular complexity index is 1410. The first-order valence-corrected chi connectivity index (χ1v) is 13.9. The Balaban J connectivity index is 1.57. The molecule has 0 unspecified atom stereocenters. The summed E-state index contributed by atoms with van der Waals surface area (Å²) < 4.78 is 6.39. The van der Waals surface area contributed by atoms with Crippen LogP contribution in [-0.2, 0) is 0 Å². The van der Waals surface area contributed by atoms with E-state index in [4.69, 9.17) is 4.74 Å². The van der Waals surface area contributed by atoms with Gasteiger partial charge in [-0.2, -0.15) is 0 Å². The maximum Gasteiger partial charge on any atom is 0.321 e. The van der Waals surface area contributed by atoms with Gasteiger partial charge in [0.05, 0.1) is 30.4 Å². The highest BCUT2D eigenvalue weighted by Gasteiger charge is 2.34. The molecule has 4 rings (SSSR count). The van der Waals surface area contributed by atoms with Crippen LogP contribution in [0.5, 0.6) is 5.75 Å². The first-order chi connectivity index (χ1) is 19.6. The number of anilines is 2. The Morgan fingerprint density at radius 3 is 2.54 bits per heavy atom. The smallest absolute Gasteiger partial charge is 0.321 e. The predicted octanol–water partition coefficient (Wildman–Crippen LogP) is 4.75. The number of benzene rings is 3. The number of urea groups is 2. The number of aliphatic hydroxyl groups is 1. The number of carbonyl (C=O) groups excluding carboxylic acids is 3. The van der Waals surface area contributed by atoms with Crippen molar-refractivity contribution in [3.8, 4) is 5.75 Å². The fourth-order valence-corrected chi connectivity index (χ4v) is 4.85. The lowest BCUT2D eigenvalue weighted by Crippen LogP contribution is -2.50. The zero-order valence-corrected chi connectivity index (χ0v) is 24.2. The van der Waals surface area contributed by atoms with Gasteiger partial charge >= 0.3 is 12.1 Å². The first kappa shape index (κ1) is 29.7. The molecule has 41 heavy (non-hydrogen) atoms. The van der Waals surface area contributed by atoms with Crippen molar-refractivity contribution in [1.29, 1.82) is 0 Å². The number of nitrogens with zero attached hydrogens (tertiary/aromatic N) is 2. The number of hydrogen-bond donors (Lipinski definition) is 4. The SMILES string of the molecule is CC(C)NC(=O)Nc1ccc2c(c1)C(=O)N([C@@H](C)CO)C[C@H](C)[C@@H](CN(C)C(=O)Nc1cccc3ccccc13)O2. The van der Waals surface area contributed by atoms with Crippen LogP contribution in [0.25, 0.3) is 10.8 Å². The van der Waals surface area contributed by atoms with Gasteiger partial charge in [0.2, 0.25) is 0 Å². The topological polar surface area (TPSA) is 123 Å². The van der Waals surface area contributed by atoms with E-state index in [0.29, 0.717) is 23.7 Å². The summed E-state index contributed by atoms with van der Waals surface area (Å²) in [6, 6.07) is 17.4. The molecule has 0 bridgehead atoms. The summed E-state index contributed by atoms with van der Waals surface area (Å²) >= 11 is 0. The van der Waals surface area contributed by atoms with Crippen molar-refractivity contribution in [3.63, 3.8) is 0 Å². The molecular weight excluding hydrogens is 522 g/mol. The number of aliphatic hydroxyl groups excluding tert-OH is 1. The molecule has 1 aliphatic rings. The molecular formula is C31H39N5O5. The predicted molar refractivity (Wildman–Crippen MR) is 160 cm³/mol. The molecule has 1 aliphatic heterocycles. The third-order valence-corrected chi connectivity index (χ3v) is 7.17. The van der Waals surface area contributed by atoms with E-state index in [-0.39, 0.29) is 48.6 Å². The molecule has 0 spiro atoms. The van der Waals surface area contributed by atoms with E-state index in [0.717, 1.165) is 10.8 Å². The van der Waals surface area contributed by atoms with Gasteiger partial charge in [0.1, 0.15) is 11.9 Å². The average Bonchev–Trinajstić information content (AvgIpc) is 2.94. The Morgan fingerprint density at radius 1 is 1.07 bits per heavy atom. The summed E-state index contributed by atoms with van der Waals surface area (Å²) in [5.41, 5.74) is 1.42. The van der Waals surface area contributed by atoms with Crippen molar-refractivity contribution >= 4 is 40.1 Å². The Labute approximate surface area is 240 Å². The summed E-state index contributed by atoms with van der Waals surface area (Å²) in [5, 5.41) is 20.4. The van der Waals surface area contributed by atoms with Crippen LogP contribution < -0.4 is 20.7 Å². The molecule has 1 heterocycles. The quantitative estimate of drug-likeness (QED) is 0.331. The number of likely N-dealkylation sites (N-methyl/N-ethyl adjacent to an activating group) is 1. The van der Waals surface area contributed by atoms with E-state index in [2.05, 4.69) is 16.0 Å². The minimum Gasteiger partial charge on any atom is -0.487 e. The zero-order valence-electron chi connectivity index (χ0n) is 24.2. The summed E-state index contributed by atoms with van der Waals surface area (Å²) in [5.74, 6) is -0.121. The molecule has 3 aromatic carbocycles. The lowest BCUT2D eigenvalue weighted by Gasteiger charge is -2.38. The van der Waals surface area contributed by atoms with Gasteiger partial charge in [0.15, 0.2) is 0 Å². The highest BCUT2D eigenvalue weighted by atomic mass is 16.5. The van der Waals surface area contributed by atoms with Crippen molar-refractivity contribution in [3.05, 3.63) is 66.2 Å². The molecule has 0 aliphatic carbocycles. The highest BCUT2D eigenvalue weighted by molar-refractivity contribution is 6.02. The van der Waals surface area contributed by atoms with Crippen molar-refractivity contribution < 1.29 is 24.2 Å². The molecule has 3 aromatic rings. The lowest BCUT2D eigenvalue weighted by atomic mass is 9.99. The fraction of sp³-hybridized carbons (Fsp3) is 0.387. The van der Waals surface area contributed by atoms with Crippen molar-refractivity contribution in [2.45, 2.75) is 45.9 Å². The number of nitrogens with one attached hydrogen (secondary N) is 3. The summed E-state index contributed by atoms with van der Waals surface area (Å²) in [7, 11) is 1.70. The van der Waals surface area contributed by atoms with Gasteiger partial charge in [-0.25, -0.2) is 9.59 Å². The van der Waals surface area contributed by atoms with Crippen LogP contribution in [0.2, 0.25) is 0 Å². The first-order valence-electron chi connectivity index (χ1n) is 13.9. The third-order valence-electron chi connectivity index (χ3n) is 7.17. The van der Waals surface area contributed by atoms with E-state index in [9.17, 15) is 19.5 Å². The van der Waals surface area contributed by atoms with Crippen molar-refractivity contribution in [2.75, 3.05) is 37.4 Å². The number of rotatable bonds is 7. The molecule has 10 heteroatoms. The third kappa shape index (κ3) is 7.07. The van der Waals surface area contributed by atoms with Gasteiger partial charge < -0.3 is 35.6 Å². The largest absolute Gasteiger partial charge is 0.487 e. The number of hydrogen-bond acceptors (Lipinski definition) is 5. The fourth-order valence-electron chi connectivity index (χ4n) is 4.85. The number of amides is 5. The van der Waals surface area contributed by atoms with Crippen molar-refractivity contribution in [2.24, 2.45) is 5.92 Å². The van der Waals surface area contributed by atoms with Gasteiger partial charge in [-0.05, 0) is 50.4 Å². The van der Waals surface area contributed by atoms with E-state index >= 15 is 0 Å². The maximum absolute atomic E-state index is 13.6. The number of ether oxygens (including phenoxy) is 1. The van der Waals surface area contributed by atoms with Gasteiger partial charge in [-0.1, -0.05) is 43.3 Å². The molecule has 0 radical (unpaired) electrons. The second kappa shape index (κ2) is 12.9. The molecule has 0 aromatic heterocycles. The minimum absolute atomic E-state index is 0.0535. The summed E-state index contributed by atoms with van der Waals surface area (Å²) in [6.45, 7) is 7.81. The van der Waals surface area contributed by atoms with E-state index in [1.807, 2.05) is 63.2 Å². The van der Waals surface area contributed by atoms with Crippen molar-refractivity contribution in [1.82, 2.24) is 15.1 Å². The molecule has 4 N–H and O–H groups in total. The molecule has 0 fully saturated rings. The summed E-state index contributed by atoms with van der Waals surface area (Å²) in [4.78, 5) is 42.3. The summed E-state index contributed by atoms with van der Waals surface area (Å²) in [6.07, 6.45) is -0.457. The number of fused-ring (bicyclic) bond motifs is 2. The van der Waals surface area contributed by atoms with E-state index in [1.54, 1.807) is 42.0 Å². The standard InChI is InChI=1S/C31H39N5O5/c1-19(2)32-30(39)33-23-13-14-27-25(15-23)29(38)36(21(4)18-37)16-20(3)28(41-27)17-35(5)31(40)34-26-12-8-10-22-9-6-7-11-24(22)26/h6-15,19-21,28,37H,16-18H2,1-5H3,(H,34,40)(H2,32,33,39)/t20-,21-,28+/m0/s1. The molecule has 3 atom stereocenters. The van der Waals surface area contributed by atoms with Gasteiger partial charge in [0.25, 0.3) is 5.91 Å². The van der Waals surface area contributed by atoms with Crippen LogP contribution in [0.4, 0.5) is 21.0 Å². The second-order valence-electron chi connectivity index (χ2n) is 10.9. The van der Waals surface area contributed by atoms with Crippen LogP contribution in [-0.4, -0.2) is 77.8 Å². The minimum atomic E-state index is -0.457. The zero-order chi connectivity index (χ0) is 29.7. The molecule has 10 nitrogen and oxygen atoms in total. The number of carbonyl (C=O) groups is 3. The Morgan fingerprint density at radius 2 is 1.80 bits per heavy atom. The van der Waals surface area contributed by atoms with Crippen LogP contribution in [0.3, 0.4) is 0 Å². The van der Waals surface area contributed by atoms with E-state index in [1.165, 1.54) is 0 Å². The lowest BCUT2D eigenvalue weighted by molar-refractivity contribution is 0.0371. The average molecular weight is 562 g/mol. The molecule has 5 amide bonds. The highest BCUT2D eigenvalue weighted by Crippen LogP contribution is 2.31. The monoisotopic (exact) mass is 561 g/mol. The van der Waals surface area contributed by atoms with Gasteiger partial charge in [-0.15, -0.1) is 0 Å². The van der Waals surface area contributed by atoms with Crippen LogP contribution in [0.1, 0.15) is 38.1 Å². The molecule has 0 saturated carbocycles. The van der Waals surface area contributed by atoms with E-state index < -0.39 is 12.1 Å².